The van der Waals surface area contributed by atoms with Crippen LogP contribution in [0.4, 0.5) is 0 Å². The van der Waals surface area contributed by atoms with Crippen molar-refractivity contribution >= 4 is 17.2 Å². The third-order valence-electron chi connectivity index (χ3n) is 6.41. The highest BCUT2D eigenvalue weighted by Crippen LogP contribution is 2.42. The van der Waals surface area contributed by atoms with Crippen molar-refractivity contribution in [3.8, 4) is 27.6 Å². The number of benzene rings is 1. The van der Waals surface area contributed by atoms with Crippen LogP contribution in [0.25, 0.3) is 21.8 Å². The number of methoxy groups -OCH3 is 1. The summed E-state index contributed by atoms with van der Waals surface area (Å²) in [5.41, 5.74) is 6.31. The fourth-order valence-electron chi connectivity index (χ4n) is 4.21. The monoisotopic (exact) mass is 463 g/mol. The van der Waals surface area contributed by atoms with Crippen molar-refractivity contribution in [2.75, 3.05) is 14.2 Å². The maximum absolute atomic E-state index is 13.5. The van der Waals surface area contributed by atoms with Crippen LogP contribution in [0.15, 0.2) is 41.8 Å². The van der Waals surface area contributed by atoms with Crippen LogP contribution in [0, 0.1) is 0 Å². The normalized spacial score (nSPS) is 12.8. The Hall–Kier alpha value is -2.86. The third kappa shape index (κ3) is 4.36. The van der Waals surface area contributed by atoms with Gasteiger partial charge in [-0.3, -0.25) is 4.79 Å². The lowest BCUT2D eigenvalue weighted by molar-refractivity contribution is 0.0638. The average Bonchev–Trinajstić information content (AvgIpc) is 3.43. The zero-order valence-corrected chi connectivity index (χ0v) is 21.3. The number of nitrogens with zero attached hydrogens (tertiary/aromatic N) is 3. The Kier molecular flexibility index (Phi) is 6.23. The van der Waals surface area contributed by atoms with Gasteiger partial charge in [-0.25, -0.2) is 4.98 Å². The number of fused-ring (bicyclic) bond motifs is 3. The van der Waals surface area contributed by atoms with Gasteiger partial charge in [-0.2, -0.15) is 0 Å². The van der Waals surface area contributed by atoms with Gasteiger partial charge in [-0.1, -0.05) is 11.6 Å². The van der Waals surface area contributed by atoms with E-state index in [0.717, 1.165) is 58.0 Å². The zero-order valence-electron chi connectivity index (χ0n) is 20.5. The first-order valence-corrected chi connectivity index (χ1v) is 12.3. The molecule has 0 bridgehead atoms. The van der Waals surface area contributed by atoms with Crippen LogP contribution < -0.4 is 4.74 Å². The first kappa shape index (κ1) is 23.3. The van der Waals surface area contributed by atoms with Gasteiger partial charge in [0.05, 0.1) is 17.7 Å². The van der Waals surface area contributed by atoms with E-state index < -0.39 is 0 Å². The number of carbonyl (C=O) groups excluding carboxylic acids is 1. The van der Waals surface area contributed by atoms with E-state index in [1.807, 2.05) is 33.9 Å². The Labute approximate surface area is 200 Å². The molecule has 2 aromatic heterocycles. The van der Waals surface area contributed by atoms with E-state index in [9.17, 15) is 4.79 Å². The lowest BCUT2D eigenvalue weighted by Crippen LogP contribution is -2.43. The molecule has 0 saturated carbocycles. The fourth-order valence-corrected chi connectivity index (χ4v) is 4.92. The van der Waals surface area contributed by atoms with Crippen molar-refractivity contribution < 1.29 is 9.53 Å². The largest absolute Gasteiger partial charge is 0.496 e. The Morgan fingerprint density at radius 2 is 2.09 bits per heavy atom. The molecule has 0 saturated heterocycles. The number of amides is 1. The molecule has 1 aliphatic heterocycles. The molecule has 1 aromatic carbocycles. The highest BCUT2D eigenvalue weighted by atomic mass is 32.1. The van der Waals surface area contributed by atoms with E-state index in [1.165, 1.54) is 5.56 Å². The molecule has 1 amide bonds. The molecule has 33 heavy (non-hydrogen) atoms. The molecule has 4 rings (SSSR count). The summed E-state index contributed by atoms with van der Waals surface area (Å²) in [7, 11) is 3.58. The summed E-state index contributed by atoms with van der Waals surface area (Å²) >= 11 is 1.65. The first-order valence-electron chi connectivity index (χ1n) is 11.4. The molecule has 0 radical (unpaired) electrons. The van der Waals surface area contributed by atoms with Gasteiger partial charge >= 0.3 is 0 Å². The highest BCUT2D eigenvalue weighted by molar-refractivity contribution is 7.13. The van der Waals surface area contributed by atoms with Crippen molar-refractivity contribution in [3.63, 3.8) is 0 Å². The molecule has 1 aliphatic rings. The van der Waals surface area contributed by atoms with Crippen LogP contribution in [0.1, 0.15) is 55.9 Å². The Bertz CT molecular complexity index is 1200. The number of thiophene rings is 1. The van der Waals surface area contributed by atoms with Crippen LogP contribution in [0.3, 0.4) is 0 Å². The number of hydrogen-bond acceptors (Lipinski definition) is 4. The number of rotatable bonds is 6. The minimum absolute atomic E-state index is 0.0500. The van der Waals surface area contributed by atoms with Crippen LogP contribution in [0.5, 0.6) is 5.75 Å². The third-order valence-corrected chi connectivity index (χ3v) is 7.29. The predicted molar refractivity (Wildman–Crippen MR) is 136 cm³/mol. The molecular weight excluding hydrogens is 430 g/mol. The van der Waals surface area contributed by atoms with Crippen molar-refractivity contribution in [1.29, 1.82) is 0 Å². The number of ether oxygens (including phenoxy) is 1. The topological polar surface area (TPSA) is 47.4 Å². The second kappa shape index (κ2) is 8.82. The minimum Gasteiger partial charge on any atom is -0.496 e. The van der Waals surface area contributed by atoms with Crippen LogP contribution >= 0.6 is 11.3 Å². The molecule has 5 nitrogen and oxygen atoms in total. The summed E-state index contributed by atoms with van der Waals surface area (Å²) in [6.45, 7) is 13.0. The number of carbonyl (C=O) groups is 1. The number of imidazole rings is 1. The van der Waals surface area contributed by atoms with Crippen molar-refractivity contribution in [2.24, 2.45) is 0 Å². The Balaban J connectivity index is 1.91. The summed E-state index contributed by atoms with van der Waals surface area (Å²) in [5.74, 6) is 1.38. The molecule has 3 aromatic rings. The summed E-state index contributed by atoms with van der Waals surface area (Å²) in [4.78, 5) is 21.3. The Morgan fingerprint density at radius 1 is 1.33 bits per heavy atom. The molecule has 0 unspecified atom stereocenters. The van der Waals surface area contributed by atoms with Gasteiger partial charge in [0.1, 0.15) is 11.4 Å². The molecule has 0 spiro atoms. The van der Waals surface area contributed by atoms with E-state index in [1.54, 1.807) is 23.3 Å². The molecule has 174 valence electrons. The number of aromatic nitrogens is 2. The van der Waals surface area contributed by atoms with E-state index in [2.05, 4.69) is 41.6 Å². The minimum atomic E-state index is -0.289. The van der Waals surface area contributed by atoms with Crippen molar-refractivity contribution in [2.45, 2.75) is 59.0 Å². The van der Waals surface area contributed by atoms with Gasteiger partial charge in [0, 0.05) is 24.7 Å². The smallest absolute Gasteiger partial charge is 0.290 e. The van der Waals surface area contributed by atoms with E-state index in [-0.39, 0.29) is 11.4 Å². The standard InChI is InChI=1S/C27H33N3O2S/c1-17(2)10-11-19-15-20-18(16-21(19)32-7)12-13-30-24(20)23(22-9-8-14-33-22)28-25(30)26(31)29(6)27(3,4)5/h8-9,14-16H,1,10-13H2,2-7H3. The maximum Gasteiger partial charge on any atom is 0.290 e. The second-order valence-corrected chi connectivity index (χ2v) is 10.8. The van der Waals surface area contributed by atoms with Gasteiger partial charge in [0.15, 0.2) is 5.82 Å². The van der Waals surface area contributed by atoms with Gasteiger partial charge in [0.25, 0.3) is 5.91 Å². The summed E-state index contributed by atoms with van der Waals surface area (Å²) in [6.07, 6.45) is 2.61. The molecule has 0 atom stereocenters. The van der Waals surface area contributed by atoms with E-state index in [4.69, 9.17) is 9.72 Å². The number of allylic oxidation sites excluding steroid dienone is 1. The van der Waals surface area contributed by atoms with Gasteiger partial charge in [-0.05, 0) is 81.7 Å². The predicted octanol–water partition coefficient (Wildman–Crippen LogP) is 6.22. The highest BCUT2D eigenvalue weighted by Gasteiger charge is 2.33. The van der Waals surface area contributed by atoms with Gasteiger partial charge in [0.2, 0.25) is 0 Å². The lowest BCUT2D eigenvalue weighted by Gasteiger charge is -2.32. The maximum atomic E-state index is 13.5. The zero-order chi connectivity index (χ0) is 23.9. The first-order chi connectivity index (χ1) is 15.6. The Morgan fingerprint density at radius 3 is 2.70 bits per heavy atom. The summed E-state index contributed by atoms with van der Waals surface area (Å²) in [5, 5.41) is 2.06. The van der Waals surface area contributed by atoms with Crippen molar-refractivity contribution in [3.05, 3.63) is 58.7 Å². The lowest BCUT2D eigenvalue weighted by atomic mass is 9.92. The summed E-state index contributed by atoms with van der Waals surface area (Å²) in [6, 6.07) is 8.52. The second-order valence-electron chi connectivity index (χ2n) is 9.82. The van der Waals surface area contributed by atoms with E-state index in [0.29, 0.717) is 12.4 Å². The average molecular weight is 464 g/mol. The van der Waals surface area contributed by atoms with Crippen LogP contribution in [0.2, 0.25) is 0 Å². The number of hydrogen-bond donors (Lipinski definition) is 0. The number of aryl methyl sites for hydroxylation is 2. The van der Waals surface area contributed by atoms with Crippen molar-refractivity contribution in [1.82, 2.24) is 14.5 Å². The quantitative estimate of drug-likeness (QED) is 0.408. The van der Waals surface area contributed by atoms with Gasteiger partial charge in [-0.15, -0.1) is 17.9 Å². The molecular formula is C27H33N3O2S. The summed E-state index contributed by atoms with van der Waals surface area (Å²) < 4.78 is 7.86. The van der Waals surface area contributed by atoms with Gasteiger partial charge < -0.3 is 14.2 Å². The molecule has 0 fully saturated rings. The molecule has 0 N–H and O–H groups in total. The van der Waals surface area contributed by atoms with E-state index >= 15 is 0 Å². The molecule has 6 heteroatoms. The van der Waals surface area contributed by atoms with Crippen LogP contribution in [-0.4, -0.2) is 40.1 Å². The SMILES string of the molecule is C=C(C)CCc1cc2c(cc1OC)CCn1c(C(=O)N(C)C(C)(C)C)nc(-c3cccs3)c1-2. The fraction of sp³-hybridized carbons (Fsp3) is 0.407. The van der Waals surface area contributed by atoms with Crippen LogP contribution in [-0.2, 0) is 19.4 Å². The molecule has 3 heterocycles. The molecule has 0 aliphatic carbocycles.